The normalized spacial score (nSPS) is 12.5. The van der Waals surface area contributed by atoms with Gasteiger partial charge in [-0.05, 0) is 35.7 Å². The van der Waals surface area contributed by atoms with Crippen LogP contribution in [0, 0.1) is 22.7 Å². The van der Waals surface area contributed by atoms with Crippen molar-refractivity contribution >= 4 is 17.6 Å². The summed E-state index contributed by atoms with van der Waals surface area (Å²) in [5.74, 6) is 1.86. The lowest BCUT2D eigenvalue weighted by atomic mass is 9.96. The van der Waals surface area contributed by atoms with Gasteiger partial charge in [-0.2, -0.15) is 10.5 Å². The van der Waals surface area contributed by atoms with Crippen molar-refractivity contribution in [1.29, 1.82) is 10.5 Å². The second kappa shape index (κ2) is 10.1. The molecule has 0 spiro atoms. The van der Waals surface area contributed by atoms with Gasteiger partial charge >= 0.3 is 0 Å². The maximum absolute atomic E-state index is 10.1. The van der Waals surface area contributed by atoms with E-state index in [4.69, 9.17) is 14.8 Å². The first kappa shape index (κ1) is 21.6. The Morgan fingerprint density at radius 2 is 1.88 bits per heavy atom. The summed E-state index contributed by atoms with van der Waals surface area (Å²) in [5, 5.41) is 29.6. The zero-order valence-electron chi connectivity index (χ0n) is 17.4. The van der Waals surface area contributed by atoms with Gasteiger partial charge in [0.15, 0.2) is 0 Å². The zero-order chi connectivity index (χ0) is 22.3. The Morgan fingerprint density at radius 1 is 1.09 bits per heavy atom. The molecule has 1 aromatic carbocycles. The number of pyridine rings is 2. The molecule has 1 saturated heterocycles. The van der Waals surface area contributed by atoms with E-state index in [2.05, 4.69) is 22.0 Å². The lowest BCUT2D eigenvalue weighted by molar-refractivity contribution is 0.201. The molecule has 3 aromatic rings. The molecule has 1 aliphatic rings. The molecule has 0 amide bonds. The molecule has 0 aliphatic carbocycles. The van der Waals surface area contributed by atoms with E-state index < -0.39 is 0 Å². The van der Waals surface area contributed by atoms with E-state index in [0.717, 1.165) is 30.6 Å². The molecular formula is C24H21N5O2S. The number of thioether (sulfide) groups is 1. The second-order valence-electron chi connectivity index (χ2n) is 7.18. The molecule has 0 bridgehead atoms. The summed E-state index contributed by atoms with van der Waals surface area (Å²) in [6, 6.07) is 15.7. The number of aliphatic hydroxyl groups is 1. The fourth-order valence-corrected chi connectivity index (χ4v) is 4.35. The topological polar surface area (TPSA) is 106 Å². The van der Waals surface area contributed by atoms with E-state index in [9.17, 15) is 10.5 Å². The standard InChI is InChI=1S/C24H21N5O2S/c25-13-20-22(18-4-6-19(7-5-18)31-12-11-30)21(14-26)24(28-23(20)29-9-2-10-29)32-16-17-3-1-8-27-15-17/h1,3-8,15,30H,2,9-12,16H2. The van der Waals surface area contributed by atoms with Crippen molar-refractivity contribution in [2.45, 2.75) is 17.2 Å². The van der Waals surface area contributed by atoms with Gasteiger partial charge in [0.05, 0.1) is 12.2 Å². The molecule has 2 aromatic heterocycles. The molecule has 7 nitrogen and oxygen atoms in total. The quantitative estimate of drug-likeness (QED) is 0.525. The summed E-state index contributed by atoms with van der Waals surface area (Å²) in [7, 11) is 0. The number of hydrogen-bond acceptors (Lipinski definition) is 8. The highest BCUT2D eigenvalue weighted by Gasteiger charge is 2.27. The number of nitrogens with zero attached hydrogens (tertiary/aromatic N) is 5. The van der Waals surface area contributed by atoms with Crippen LogP contribution in [0.3, 0.4) is 0 Å². The highest BCUT2D eigenvalue weighted by molar-refractivity contribution is 7.98. The number of hydrogen-bond donors (Lipinski definition) is 1. The van der Waals surface area contributed by atoms with Crippen LogP contribution in [0.15, 0.2) is 53.8 Å². The van der Waals surface area contributed by atoms with Crippen LogP contribution in [-0.4, -0.2) is 41.4 Å². The molecule has 0 radical (unpaired) electrons. The maximum atomic E-state index is 10.1. The van der Waals surface area contributed by atoms with Gasteiger partial charge in [-0.3, -0.25) is 4.98 Å². The summed E-state index contributed by atoms with van der Waals surface area (Å²) in [6.45, 7) is 1.82. The van der Waals surface area contributed by atoms with Gasteiger partial charge in [-0.25, -0.2) is 4.98 Å². The van der Waals surface area contributed by atoms with Crippen LogP contribution in [0.25, 0.3) is 11.1 Å². The van der Waals surface area contributed by atoms with E-state index in [1.807, 2.05) is 24.3 Å². The Morgan fingerprint density at radius 3 is 2.47 bits per heavy atom. The van der Waals surface area contributed by atoms with Gasteiger partial charge in [0.2, 0.25) is 0 Å². The molecule has 0 unspecified atom stereocenters. The number of nitriles is 2. The third-order valence-electron chi connectivity index (χ3n) is 5.13. The van der Waals surface area contributed by atoms with E-state index >= 15 is 0 Å². The minimum atomic E-state index is -0.0695. The fourth-order valence-electron chi connectivity index (χ4n) is 3.43. The number of benzene rings is 1. The van der Waals surface area contributed by atoms with E-state index in [-0.39, 0.29) is 13.2 Å². The van der Waals surface area contributed by atoms with E-state index in [1.165, 1.54) is 11.8 Å². The van der Waals surface area contributed by atoms with Gasteiger partial charge in [0.25, 0.3) is 0 Å². The molecule has 160 valence electrons. The molecular weight excluding hydrogens is 422 g/mol. The Hall–Kier alpha value is -3.59. The number of ether oxygens (including phenoxy) is 1. The lowest BCUT2D eigenvalue weighted by Gasteiger charge is -2.33. The average molecular weight is 444 g/mol. The smallest absolute Gasteiger partial charge is 0.148 e. The molecule has 32 heavy (non-hydrogen) atoms. The first-order valence-corrected chi connectivity index (χ1v) is 11.2. The van der Waals surface area contributed by atoms with Gasteiger partial charge in [-0.15, -0.1) is 11.8 Å². The summed E-state index contributed by atoms with van der Waals surface area (Å²) < 4.78 is 5.45. The minimum Gasteiger partial charge on any atom is -0.491 e. The van der Waals surface area contributed by atoms with Crippen LogP contribution in [0.1, 0.15) is 23.1 Å². The highest BCUT2D eigenvalue weighted by atomic mass is 32.2. The SMILES string of the molecule is N#Cc1c(SCc2cccnc2)nc(N2CCC2)c(C#N)c1-c1ccc(OCCO)cc1. The van der Waals surface area contributed by atoms with Gasteiger partial charge < -0.3 is 14.7 Å². The van der Waals surface area contributed by atoms with Crippen molar-refractivity contribution in [2.24, 2.45) is 0 Å². The molecule has 3 heterocycles. The number of anilines is 1. The zero-order valence-corrected chi connectivity index (χ0v) is 18.2. The van der Waals surface area contributed by atoms with Crippen molar-refractivity contribution < 1.29 is 9.84 Å². The van der Waals surface area contributed by atoms with Crippen LogP contribution in [0.5, 0.6) is 5.75 Å². The van der Waals surface area contributed by atoms with Crippen molar-refractivity contribution in [3.63, 3.8) is 0 Å². The summed E-state index contributed by atoms with van der Waals surface area (Å²) >= 11 is 1.47. The van der Waals surface area contributed by atoms with Crippen molar-refractivity contribution in [3.8, 4) is 29.0 Å². The molecule has 4 rings (SSSR count). The summed E-state index contributed by atoms with van der Waals surface area (Å²) in [6.07, 6.45) is 4.57. The highest BCUT2D eigenvalue weighted by Crippen LogP contribution is 2.39. The van der Waals surface area contributed by atoms with Crippen LogP contribution in [0.4, 0.5) is 5.82 Å². The number of aromatic nitrogens is 2. The first-order chi connectivity index (χ1) is 15.7. The van der Waals surface area contributed by atoms with Gasteiger partial charge in [0.1, 0.15) is 40.9 Å². The van der Waals surface area contributed by atoms with Crippen LogP contribution < -0.4 is 9.64 Å². The minimum absolute atomic E-state index is 0.0695. The third kappa shape index (κ3) is 4.52. The summed E-state index contributed by atoms with van der Waals surface area (Å²) in [4.78, 5) is 11.0. The predicted octanol–water partition coefficient (Wildman–Crippen LogP) is 3.76. The van der Waals surface area contributed by atoms with Gasteiger partial charge in [0, 0.05) is 36.8 Å². The Balaban J connectivity index is 1.79. The van der Waals surface area contributed by atoms with E-state index in [0.29, 0.717) is 39.0 Å². The van der Waals surface area contributed by atoms with Crippen molar-refractivity contribution in [3.05, 3.63) is 65.5 Å². The molecule has 0 saturated carbocycles. The van der Waals surface area contributed by atoms with Crippen LogP contribution in [-0.2, 0) is 5.75 Å². The molecule has 1 fully saturated rings. The molecule has 0 atom stereocenters. The fraction of sp³-hybridized carbons (Fsp3) is 0.250. The Labute approximate surface area is 190 Å². The van der Waals surface area contributed by atoms with E-state index in [1.54, 1.807) is 24.5 Å². The second-order valence-corrected chi connectivity index (χ2v) is 8.14. The van der Waals surface area contributed by atoms with Gasteiger partial charge in [-0.1, -0.05) is 18.2 Å². The number of rotatable bonds is 8. The predicted molar refractivity (Wildman–Crippen MR) is 122 cm³/mol. The Kier molecular flexibility index (Phi) is 6.86. The molecule has 1 N–H and O–H groups in total. The maximum Gasteiger partial charge on any atom is 0.148 e. The molecule has 8 heteroatoms. The monoisotopic (exact) mass is 443 g/mol. The number of aliphatic hydroxyl groups excluding tert-OH is 1. The lowest BCUT2D eigenvalue weighted by Crippen LogP contribution is -2.38. The average Bonchev–Trinajstić information content (AvgIpc) is 2.80. The third-order valence-corrected chi connectivity index (χ3v) is 6.17. The Bertz CT molecular complexity index is 1170. The first-order valence-electron chi connectivity index (χ1n) is 10.2. The largest absolute Gasteiger partial charge is 0.491 e. The summed E-state index contributed by atoms with van der Waals surface area (Å²) in [5.41, 5.74) is 3.18. The molecule has 1 aliphatic heterocycles. The van der Waals surface area contributed by atoms with Crippen molar-refractivity contribution in [2.75, 3.05) is 31.2 Å². The van der Waals surface area contributed by atoms with Crippen LogP contribution in [0.2, 0.25) is 0 Å². The van der Waals surface area contributed by atoms with Crippen molar-refractivity contribution in [1.82, 2.24) is 9.97 Å². The van der Waals surface area contributed by atoms with Crippen LogP contribution >= 0.6 is 11.8 Å².